The molecule has 1 heterocycles. The molecule has 1 unspecified atom stereocenters. The van der Waals surface area contributed by atoms with Crippen molar-refractivity contribution in [3.63, 3.8) is 0 Å². The second-order valence-electron chi connectivity index (χ2n) is 5.14. The summed E-state index contributed by atoms with van der Waals surface area (Å²) in [6.07, 6.45) is 3.73. The highest BCUT2D eigenvalue weighted by molar-refractivity contribution is 5.89. The second kappa shape index (κ2) is 5.04. The molecule has 1 aliphatic carbocycles. The lowest BCUT2D eigenvalue weighted by Gasteiger charge is -2.19. The minimum Gasteiger partial charge on any atom is -0.344 e. The number of amides is 2. The van der Waals surface area contributed by atoms with Crippen LogP contribution in [0.4, 0.5) is 0 Å². The third-order valence-electron chi connectivity index (χ3n) is 4.04. The lowest BCUT2D eigenvalue weighted by atomic mass is 9.95. The number of likely N-dealkylation sites (N-methyl/N-ethyl adjacent to an activating group) is 1. The van der Waals surface area contributed by atoms with Crippen molar-refractivity contribution in [2.45, 2.75) is 31.7 Å². The largest absolute Gasteiger partial charge is 0.344 e. The summed E-state index contributed by atoms with van der Waals surface area (Å²) in [5, 5.41) is 2.88. The van der Waals surface area contributed by atoms with Gasteiger partial charge in [-0.3, -0.25) is 9.59 Å². The van der Waals surface area contributed by atoms with Crippen LogP contribution in [0.3, 0.4) is 0 Å². The molecule has 1 aliphatic heterocycles. The van der Waals surface area contributed by atoms with Gasteiger partial charge in [-0.15, -0.1) is 0 Å². The van der Waals surface area contributed by atoms with Crippen molar-refractivity contribution in [2.75, 3.05) is 20.1 Å². The molecule has 0 aromatic carbocycles. The summed E-state index contributed by atoms with van der Waals surface area (Å²) >= 11 is 0. The molecule has 5 heteroatoms. The van der Waals surface area contributed by atoms with Gasteiger partial charge in [0, 0.05) is 19.5 Å². The molecular formula is C12H21N3O2. The van der Waals surface area contributed by atoms with Crippen LogP contribution in [-0.2, 0) is 9.59 Å². The van der Waals surface area contributed by atoms with Crippen LogP contribution in [0.1, 0.15) is 25.7 Å². The van der Waals surface area contributed by atoms with Crippen LogP contribution in [0, 0.1) is 11.8 Å². The fourth-order valence-corrected chi connectivity index (χ4v) is 2.90. The van der Waals surface area contributed by atoms with E-state index in [1.165, 1.54) is 0 Å². The molecule has 1 saturated heterocycles. The highest BCUT2D eigenvalue weighted by Gasteiger charge is 2.36. The fraction of sp³-hybridized carbons (Fsp3) is 0.833. The highest BCUT2D eigenvalue weighted by atomic mass is 16.2. The van der Waals surface area contributed by atoms with Crippen LogP contribution in [0.5, 0.6) is 0 Å². The van der Waals surface area contributed by atoms with Crippen LogP contribution in [0.15, 0.2) is 0 Å². The Hall–Kier alpha value is -1.10. The first-order valence-corrected chi connectivity index (χ1v) is 6.39. The van der Waals surface area contributed by atoms with E-state index in [2.05, 4.69) is 5.32 Å². The summed E-state index contributed by atoms with van der Waals surface area (Å²) in [7, 11) is 1.77. The topological polar surface area (TPSA) is 75.4 Å². The molecule has 3 atom stereocenters. The van der Waals surface area contributed by atoms with Crippen molar-refractivity contribution in [1.82, 2.24) is 10.2 Å². The molecule has 17 heavy (non-hydrogen) atoms. The van der Waals surface area contributed by atoms with Crippen molar-refractivity contribution >= 4 is 11.8 Å². The average Bonchev–Trinajstić information content (AvgIpc) is 2.90. The Morgan fingerprint density at radius 1 is 1.47 bits per heavy atom. The Kier molecular flexibility index (Phi) is 3.66. The van der Waals surface area contributed by atoms with E-state index in [0.29, 0.717) is 12.5 Å². The van der Waals surface area contributed by atoms with Gasteiger partial charge in [0.25, 0.3) is 0 Å². The lowest BCUT2D eigenvalue weighted by Crippen LogP contribution is -2.44. The van der Waals surface area contributed by atoms with Crippen LogP contribution in [-0.4, -0.2) is 42.9 Å². The molecule has 0 bridgehead atoms. The van der Waals surface area contributed by atoms with Gasteiger partial charge in [0.2, 0.25) is 11.8 Å². The van der Waals surface area contributed by atoms with Crippen LogP contribution < -0.4 is 11.1 Å². The van der Waals surface area contributed by atoms with E-state index < -0.39 is 0 Å². The Balaban J connectivity index is 1.91. The predicted octanol–water partition coefficient (Wildman–Crippen LogP) is -0.292. The molecule has 2 rings (SSSR count). The highest BCUT2D eigenvalue weighted by Crippen LogP contribution is 2.31. The molecule has 96 valence electrons. The van der Waals surface area contributed by atoms with E-state index >= 15 is 0 Å². The molecule has 0 aromatic heterocycles. The Bertz CT molecular complexity index is 319. The summed E-state index contributed by atoms with van der Waals surface area (Å²) in [6, 6.07) is -0.313. The smallest absolute Gasteiger partial charge is 0.244 e. The third-order valence-corrected chi connectivity index (χ3v) is 4.04. The maximum atomic E-state index is 12.1. The van der Waals surface area contributed by atoms with E-state index in [1.807, 2.05) is 0 Å². The van der Waals surface area contributed by atoms with E-state index in [-0.39, 0.29) is 23.8 Å². The third kappa shape index (κ3) is 2.44. The number of rotatable bonds is 3. The van der Waals surface area contributed by atoms with Crippen LogP contribution in [0.25, 0.3) is 0 Å². The summed E-state index contributed by atoms with van der Waals surface area (Å²) in [6.45, 7) is 1.30. The molecule has 3 N–H and O–H groups in total. The fourth-order valence-electron chi connectivity index (χ4n) is 2.90. The number of carbonyl (C=O) groups excluding carboxylic acids is 2. The minimum atomic E-state index is -0.313. The Morgan fingerprint density at radius 3 is 2.82 bits per heavy atom. The number of hydrogen-bond donors (Lipinski definition) is 2. The molecule has 0 radical (unpaired) electrons. The standard InChI is InChI=1S/C12H21N3O2/c1-15-6-5-10(12(15)17)14-11(16)9-4-2-3-8(9)7-13/h8-10H,2-7,13H2,1H3,(H,14,16)/t8-,9-,10?/m1/s1. The van der Waals surface area contributed by atoms with Gasteiger partial charge >= 0.3 is 0 Å². The van der Waals surface area contributed by atoms with Crippen molar-refractivity contribution in [1.29, 1.82) is 0 Å². The summed E-state index contributed by atoms with van der Waals surface area (Å²) in [5.74, 6) is 0.357. The Labute approximate surface area is 102 Å². The van der Waals surface area contributed by atoms with Gasteiger partial charge in [-0.25, -0.2) is 0 Å². The zero-order valence-electron chi connectivity index (χ0n) is 10.3. The van der Waals surface area contributed by atoms with E-state index in [4.69, 9.17) is 5.73 Å². The first kappa shape index (κ1) is 12.4. The van der Waals surface area contributed by atoms with Crippen molar-refractivity contribution < 1.29 is 9.59 Å². The summed E-state index contributed by atoms with van der Waals surface area (Å²) in [4.78, 5) is 25.4. The van der Waals surface area contributed by atoms with Gasteiger partial charge in [-0.1, -0.05) is 6.42 Å². The number of carbonyl (C=O) groups is 2. The zero-order chi connectivity index (χ0) is 12.4. The van der Waals surface area contributed by atoms with Crippen LogP contribution >= 0.6 is 0 Å². The number of nitrogens with one attached hydrogen (secondary N) is 1. The molecular weight excluding hydrogens is 218 g/mol. The molecule has 0 spiro atoms. The maximum absolute atomic E-state index is 12.1. The number of nitrogens with two attached hydrogens (primary N) is 1. The molecule has 2 aliphatic rings. The predicted molar refractivity (Wildman–Crippen MR) is 64.1 cm³/mol. The monoisotopic (exact) mass is 239 g/mol. The van der Waals surface area contributed by atoms with Gasteiger partial charge in [0.05, 0.1) is 0 Å². The van der Waals surface area contributed by atoms with E-state index in [1.54, 1.807) is 11.9 Å². The molecule has 5 nitrogen and oxygen atoms in total. The molecule has 2 amide bonds. The quantitative estimate of drug-likeness (QED) is 0.710. The maximum Gasteiger partial charge on any atom is 0.244 e. The van der Waals surface area contributed by atoms with Gasteiger partial charge in [-0.05, 0) is 31.7 Å². The van der Waals surface area contributed by atoms with Crippen LogP contribution in [0.2, 0.25) is 0 Å². The molecule has 1 saturated carbocycles. The summed E-state index contributed by atoms with van der Waals surface area (Å²) < 4.78 is 0. The van der Waals surface area contributed by atoms with Crippen molar-refractivity contribution in [2.24, 2.45) is 17.6 Å². The van der Waals surface area contributed by atoms with Gasteiger partial charge in [0.1, 0.15) is 6.04 Å². The van der Waals surface area contributed by atoms with Crippen molar-refractivity contribution in [3.05, 3.63) is 0 Å². The normalized spacial score (nSPS) is 33.2. The zero-order valence-corrected chi connectivity index (χ0v) is 10.3. The minimum absolute atomic E-state index is 0.0127. The van der Waals surface area contributed by atoms with Gasteiger partial charge < -0.3 is 16.0 Å². The Morgan fingerprint density at radius 2 is 2.24 bits per heavy atom. The van der Waals surface area contributed by atoms with Crippen molar-refractivity contribution in [3.8, 4) is 0 Å². The SMILES string of the molecule is CN1CCC(NC(=O)[C@@H]2CCC[C@@H]2CN)C1=O. The first-order valence-electron chi connectivity index (χ1n) is 6.39. The average molecular weight is 239 g/mol. The van der Waals surface area contributed by atoms with Gasteiger partial charge in [-0.2, -0.15) is 0 Å². The molecule has 0 aromatic rings. The number of likely N-dealkylation sites (tertiary alicyclic amines) is 1. The number of nitrogens with zero attached hydrogens (tertiary/aromatic N) is 1. The lowest BCUT2D eigenvalue weighted by molar-refractivity contribution is -0.133. The summed E-state index contributed by atoms with van der Waals surface area (Å²) in [5.41, 5.74) is 5.66. The molecule has 2 fully saturated rings. The van der Waals surface area contributed by atoms with E-state index in [9.17, 15) is 9.59 Å². The first-order chi connectivity index (χ1) is 8.13. The van der Waals surface area contributed by atoms with Gasteiger partial charge in [0.15, 0.2) is 0 Å². The van der Waals surface area contributed by atoms with E-state index in [0.717, 1.165) is 32.2 Å². The number of hydrogen-bond acceptors (Lipinski definition) is 3. The second-order valence-corrected chi connectivity index (χ2v) is 5.14.